The normalized spacial score (nSPS) is 14.2. The molecule has 142 valence electrons. The molecule has 0 bridgehead atoms. The number of nitrogens with zero attached hydrogens (tertiary/aromatic N) is 2. The van der Waals surface area contributed by atoms with Gasteiger partial charge in [-0.15, -0.1) is 0 Å². The monoisotopic (exact) mass is 376 g/mol. The highest BCUT2D eigenvalue weighted by molar-refractivity contribution is 5.98. The van der Waals surface area contributed by atoms with Crippen LogP contribution in [0, 0.1) is 11.3 Å². The van der Waals surface area contributed by atoms with Gasteiger partial charge in [0.25, 0.3) is 11.5 Å². The SMILES string of the molecule is N#Cc1c[nH]c(=O)c2c(-c3ccc(OCC(N)=O)cc3)cn(C3CCCC3)c12. The largest absolute Gasteiger partial charge is 0.484 e. The molecule has 2 aromatic heterocycles. The molecule has 0 unspecified atom stereocenters. The van der Waals surface area contributed by atoms with Crippen LogP contribution in [-0.4, -0.2) is 22.1 Å². The van der Waals surface area contributed by atoms with Crippen molar-refractivity contribution in [3.05, 3.63) is 52.6 Å². The van der Waals surface area contributed by atoms with E-state index in [1.165, 1.54) is 6.20 Å². The Morgan fingerprint density at radius 1 is 1.29 bits per heavy atom. The van der Waals surface area contributed by atoms with Crippen LogP contribution in [-0.2, 0) is 4.79 Å². The molecule has 7 heteroatoms. The Morgan fingerprint density at radius 2 is 2.00 bits per heavy atom. The summed E-state index contributed by atoms with van der Waals surface area (Å²) in [5.74, 6) is -0.0204. The van der Waals surface area contributed by atoms with Crippen molar-refractivity contribution in [3.8, 4) is 22.9 Å². The number of aromatic amines is 1. The van der Waals surface area contributed by atoms with Crippen LogP contribution in [0.4, 0.5) is 0 Å². The summed E-state index contributed by atoms with van der Waals surface area (Å²) in [7, 11) is 0. The summed E-state index contributed by atoms with van der Waals surface area (Å²) in [6.07, 6.45) is 7.85. The van der Waals surface area contributed by atoms with Crippen molar-refractivity contribution in [2.75, 3.05) is 6.61 Å². The lowest BCUT2D eigenvalue weighted by Crippen LogP contribution is -2.19. The number of hydrogen-bond donors (Lipinski definition) is 2. The van der Waals surface area contributed by atoms with Crippen molar-refractivity contribution in [1.82, 2.24) is 9.55 Å². The Hall–Kier alpha value is -3.53. The molecule has 0 atom stereocenters. The fourth-order valence-corrected chi connectivity index (χ4v) is 3.97. The summed E-state index contributed by atoms with van der Waals surface area (Å²) in [6.45, 7) is -0.189. The minimum Gasteiger partial charge on any atom is -0.484 e. The maximum Gasteiger partial charge on any atom is 0.258 e. The van der Waals surface area contributed by atoms with E-state index in [-0.39, 0.29) is 12.2 Å². The first-order chi connectivity index (χ1) is 13.6. The molecule has 0 radical (unpaired) electrons. The zero-order valence-corrected chi connectivity index (χ0v) is 15.3. The smallest absolute Gasteiger partial charge is 0.258 e. The number of aromatic nitrogens is 2. The van der Waals surface area contributed by atoms with Crippen LogP contribution in [0.3, 0.4) is 0 Å². The third-order valence-corrected chi connectivity index (χ3v) is 5.25. The molecule has 3 N–H and O–H groups in total. The van der Waals surface area contributed by atoms with Gasteiger partial charge in [-0.05, 0) is 30.5 Å². The molecule has 1 amide bonds. The number of nitrogens with two attached hydrogens (primary N) is 1. The van der Waals surface area contributed by atoms with Crippen LogP contribution in [0.5, 0.6) is 5.75 Å². The van der Waals surface area contributed by atoms with Crippen LogP contribution in [0.2, 0.25) is 0 Å². The Balaban J connectivity index is 1.84. The Morgan fingerprint density at radius 3 is 2.64 bits per heavy atom. The van der Waals surface area contributed by atoms with Gasteiger partial charge >= 0.3 is 0 Å². The van der Waals surface area contributed by atoms with Gasteiger partial charge in [-0.25, -0.2) is 0 Å². The van der Waals surface area contributed by atoms with Gasteiger partial charge in [0.15, 0.2) is 6.61 Å². The number of ether oxygens (including phenoxy) is 1. The van der Waals surface area contributed by atoms with E-state index in [0.29, 0.717) is 28.3 Å². The zero-order valence-electron chi connectivity index (χ0n) is 15.3. The predicted octanol–water partition coefficient (Wildman–Crippen LogP) is 2.85. The summed E-state index contributed by atoms with van der Waals surface area (Å²) in [4.78, 5) is 26.2. The van der Waals surface area contributed by atoms with Crippen LogP contribution < -0.4 is 16.0 Å². The van der Waals surface area contributed by atoms with Crippen molar-refractivity contribution < 1.29 is 9.53 Å². The highest BCUT2D eigenvalue weighted by Gasteiger charge is 2.24. The fourth-order valence-electron chi connectivity index (χ4n) is 3.97. The van der Waals surface area contributed by atoms with Gasteiger partial charge in [-0.2, -0.15) is 5.26 Å². The molecular formula is C21H20N4O3. The summed E-state index contributed by atoms with van der Waals surface area (Å²) < 4.78 is 7.40. The van der Waals surface area contributed by atoms with Gasteiger partial charge in [0.2, 0.25) is 0 Å². The molecule has 0 aliphatic heterocycles. The van der Waals surface area contributed by atoms with E-state index in [4.69, 9.17) is 10.5 Å². The molecule has 1 aliphatic carbocycles. The minimum absolute atomic E-state index is 0.189. The molecule has 2 heterocycles. The number of primary amides is 1. The molecule has 4 rings (SSSR count). The van der Waals surface area contributed by atoms with Gasteiger partial charge in [-0.3, -0.25) is 9.59 Å². The van der Waals surface area contributed by atoms with E-state index in [2.05, 4.69) is 15.6 Å². The third-order valence-electron chi connectivity index (χ3n) is 5.25. The Kier molecular flexibility index (Phi) is 4.62. The predicted molar refractivity (Wildman–Crippen MR) is 105 cm³/mol. The average molecular weight is 376 g/mol. The fraction of sp³-hybridized carbons (Fsp3) is 0.286. The van der Waals surface area contributed by atoms with Crippen molar-refractivity contribution >= 4 is 16.8 Å². The maximum atomic E-state index is 12.7. The number of carbonyl (C=O) groups is 1. The van der Waals surface area contributed by atoms with E-state index in [0.717, 1.165) is 36.8 Å². The van der Waals surface area contributed by atoms with Gasteiger partial charge in [0.1, 0.15) is 11.8 Å². The quantitative estimate of drug-likeness (QED) is 0.712. The summed E-state index contributed by atoms with van der Waals surface area (Å²) >= 11 is 0. The highest BCUT2D eigenvalue weighted by atomic mass is 16.5. The van der Waals surface area contributed by atoms with Crippen molar-refractivity contribution in [2.45, 2.75) is 31.7 Å². The molecule has 0 saturated heterocycles. The first-order valence-corrected chi connectivity index (χ1v) is 9.26. The highest BCUT2D eigenvalue weighted by Crippen LogP contribution is 2.37. The van der Waals surface area contributed by atoms with E-state index in [1.54, 1.807) is 12.1 Å². The Labute approximate surface area is 161 Å². The van der Waals surface area contributed by atoms with Crippen LogP contribution in [0.1, 0.15) is 37.3 Å². The molecule has 1 aromatic carbocycles. The van der Waals surface area contributed by atoms with Crippen molar-refractivity contribution in [2.24, 2.45) is 5.73 Å². The molecule has 3 aromatic rings. The van der Waals surface area contributed by atoms with Crippen LogP contribution in [0.15, 0.2) is 41.5 Å². The number of H-pyrrole nitrogens is 1. The van der Waals surface area contributed by atoms with Gasteiger partial charge in [0, 0.05) is 24.0 Å². The van der Waals surface area contributed by atoms with E-state index >= 15 is 0 Å². The van der Waals surface area contributed by atoms with E-state index < -0.39 is 5.91 Å². The lowest BCUT2D eigenvalue weighted by atomic mass is 10.0. The summed E-state index contributed by atoms with van der Waals surface area (Å²) in [6, 6.07) is 9.64. The summed E-state index contributed by atoms with van der Waals surface area (Å²) in [5, 5.41) is 10.1. The van der Waals surface area contributed by atoms with Crippen LogP contribution >= 0.6 is 0 Å². The topological polar surface area (TPSA) is 114 Å². The van der Waals surface area contributed by atoms with Crippen LogP contribution in [0.25, 0.3) is 22.0 Å². The number of benzene rings is 1. The average Bonchev–Trinajstić information content (AvgIpc) is 3.35. The second kappa shape index (κ2) is 7.24. The lowest BCUT2D eigenvalue weighted by molar-refractivity contribution is -0.119. The third kappa shape index (κ3) is 3.14. The first kappa shape index (κ1) is 17.9. The molecule has 28 heavy (non-hydrogen) atoms. The molecule has 0 spiro atoms. The molecule has 1 fully saturated rings. The van der Waals surface area contributed by atoms with Crippen molar-refractivity contribution in [1.29, 1.82) is 5.26 Å². The van der Waals surface area contributed by atoms with E-state index in [9.17, 15) is 14.9 Å². The number of hydrogen-bond acceptors (Lipinski definition) is 4. The maximum absolute atomic E-state index is 12.7. The Bertz CT molecular complexity index is 1130. The number of nitrogens with one attached hydrogen (secondary N) is 1. The molecule has 7 nitrogen and oxygen atoms in total. The first-order valence-electron chi connectivity index (χ1n) is 9.26. The second-order valence-corrected chi connectivity index (χ2v) is 7.03. The minimum atomic E-state index is -0.542. The van der Waals surface area contributed by atoms with Gasteiger partial charge in [0.05, 0.1) is 16.5 Å². The number of rotatable bonds is 5. The lowest BCUT2D eigenvalue weighted by Gasteiger charge is -2.13. The number of amides is 1. The van der Waals surface area contributed by atoms with E-state index in [1.807, 2.05) is 18.3 Å². The summed E-state index contributed by atoms with van der Waals surface area (Å²) in [5.41, 5.74) is 7.67. The number of nitriles is 1. The van der Waals surface area contributed by atoms with Crippen molar-refractivity contribution in [3.63, 3.8) is 0 Å². The molecule has 1 saturated carbocycles. The number of carbonyl (C=O) groups excluding carboxylic acids is 1. The standard InChI is InChI=1S/C21H20N4O3/c22-9-14-10-24-21(27)19-17(11-25(20(14)19)15-3-1-2-4-15)13-5-7-16(8-6-13)28-12-18(23)26/h5-8,10-11,15H,1-4,12H2,(H2,23,26)(H,24,27). The second-order valence-electron chi connectivity index (χ2n) is 7.03. The number of pyridine rings is 1. The molecular weight excluding hydrogens is 356 g/mol. The molecule has 1 aliphatic rings. The number of fused-ring (bicyclic) bond motifs is 1. The zero-order chi connectivity index (χ0) is 19.7. The van der Waals surface area contributed by atoms with Gasteiger partial charge < -0.3 is 20.0 Å². The van der Waals surface area contributed by atoms with Gasteiger partial charge in [-0.1, -0.05) is 25.0 Å².